The second-order valence-corrected chi connectivity index (χ2v) is 5.98. The fraction of sp³-hybridized carbons (Fsp3) is 0.263. The van der Waals surface area contributed by atoms with Gasteiger partial charge in [0.1, 0.15) is 12.4 Å². The van der Waals surface area contributed by atoms with Gasteiger partial charge >= 0.3 is 0 Å². The molecule has 0 fully saturated rings. The molecule has 6 nitrogen and oxygen atoms in total. The quantitative estimate of drug-likeness (QED) is 0.395. The number of amides is 1. The second kappa shape index (κ2) is 10.3. The lowest BCUT2D eigenvalue weighted by molar-refractivity contribution is -0.114. The van der Waals surface area contributed by atoms with Crippen molar-refractivity contribution < 1.29 is 9.53 Å². The van der Waals surface area contributed by atoms with Gasteiger partial charge in [0.25, 0.3) is 0 Å². The Morgan fingerprint density at radius 3 is 2.69 bits per heavy atom. The van der Waals surface area contributed by atoms with Crippen molar-refractivity contribution in [2.45, 2.75) is 13.5 Å². The maximum atomic E-state index is 11.1. The predicted molar refractivity (Wildman–Crippen MR) is 106 cm³/mol. The van der Waals surface area contributed by atoms with Crippen molar-refractivity contribution in [3.8, 4) is 5.75 Å². The Bertz CT molecular complexity index is 765. The van der Waals surface area contributed by atoms with Crippen LogP contribution >= 0.6 is 11.6 Å². The molecule has 0 aliphatic carbocycles. The van der Waals surface area contributed by atoms with E-state index in [0.29, 0.717) is 42.1 Å². The van der Waals surface area contributed by atoms with E-state index in [2.05, 4.69) is 20.9 Å². The first-order valence-corrected chi connectivity index (χ1v) is 8.64. The van der Waals surface area contributed by atoms with Crippen LogP contribution in [0.25, 0.3) is 0 Å². The van der Waals surface area contributed by atoms with Gasteiger partial charge in [0.2, 0.25) is 5.91 Å². The number of ether oxygens (including phenoxy) is 1. The van der Waals surface area contributed by atoms with Gasteiger partial charge < -0.3 is 20.7 Å². The lowest BCUT2D eigenvalue weighted by atomic mass is 10.2. The molecule has 2 rings (SSSR count). The molecule has 0 unspecified atom stereocenters. The first-order chi connectivity index (χ1) is 12.6. The molecule has 0 saturated carbocycles. The summed E-state index contributed by atoms with van der Waals surface area (Å²) >= 11 is 5.98. The van der Waals surface area contributed by atoms with Crippen molar-refractivity contribution in [3.05, 3.63) is 59.1 Å². The summed E-state index contributed by atoms with van der Waals surface area (Å²) in [6.07, 6.45) is 0. The number of rotatable bonds is 7. The van der Waals surface area contributed by atoms with E-state index in [1.165, 1.54) is 6.92 Å². The van der Waals surface area contributed by atoms with Crippen LogP contribution in [-0.4, -0.2) is 32.1 Å². The molecule has 7 heteroatoms. The van der Waals surface area contributed by atoms with E-state index < -0.39 is 0 Å². The first kappa shape index (κ1) is 19.6. The lowest BCUT2D eigenvalue weighted by Gasteiger charge is -2.13. The van der Waals surface area contributed by atoms with Crippen LogP contribution in [0.1, 0.15) is 12.5 Å². The first-order valence-electron chi connectivity index (χ1n) is 8.26. The van der Waals surface area contributed by atoms with Crippen molar-refractivity contribution in [1.29, 1.82) is 0 Å². The minimum absolute atomic E-state index is 0.113. The number of hydrogen-bond acceptors (Lipinski definition) is 3. The van der Waals surface area contributed by atoms with Gasteiger partial charge in [-0.05, 0) is 29.8 Å². The normalized spacial score (nSPS) is 11.0. The van der Waals surface area contributed by atoms with Crippen LogP contribution in [0.2, 0.25) is 5.02 Å². The number of carbonyl (C=O) groups excluding carboxylic acids is 1. The molecule has 0 aromatic heterocycles. The maximum Gasteiger partial charge on any atom is 0.221 e. The van der Waals surface area contributed by atoms with Gasteiger partial charge in [-0.2, -0.15) is 0 Å². The fourth-order valence-corrected chi connectivity index (χ4v) is 2.47. The van der Waals surface area contributed by atoms with E-state index in [0.717, 1.165) is 5.56 Å². The number of aliphatic imine (C=N–C) groups is 1. The molecule has 0 aliphatic rings. The van der Waals surface area contributed by atoms with Gasteiger partial charge in [0.05, 0.1) is 6.54 Å². The third-order valence-electron chi connectivity index (χ3n) is 3.39. The third kappa shape index (κ3) is 7.03. The largest absolute Gasteiger partial charge is 0.492 e. The van der Waals surface area contributed by atoms with E-state index in [-0.39, 0.29) is 5.91 Å². The van der Waals surface area contributed by atoms with Gasteiger partial charge in [-0.3, -0.25) is 9.79 Å². The summed E-state index contributed by atoms with van der Waals surface area (Å²) in [5, 5.41) is 9.84. The van der Waals surface area contributed by atoms with E-state index in [4.69, 9.17) is 16.3 Å². The molecule has 2 aromatic rings. The molecule has 0 heterocycles. The average Bonchev–Trinajstić information content (AvgIpc) is 2.61. The summed E-state index contributed by atoms with van der Waals surface area (Å²) in [5.74, 6) is 1.26. The minimum atomic E-state index is -0.113. The Balaban J connectivity index is 1.73. The third-order valence-corrected chi connectivity index (χ3v) is 3.63. The van der Waals surface area contributed by atoms with Crippen LogP contribution < -0.4 is 20.7 Å². The summed E-state index contributed by atoms with van der Waals surface area (Å²) in [6, 6.07) is 14.9. The van der Waals surface area contributed by atoms with Gasteiger partial charge in [0, 0.05) is 37.3 Å². The predicted octanol–water partition coefficient (Wildman–Crippen LogP) is 3.04. The van der Waals surface area contributed by atoms with E-state index in [9.17, 15) is 4.79 Å². The molecule has 0 atom stereocenters. The molecule has 26 heavy (non-hydrogen) atoms. The molecule has 0 bridgehead atoms. The Hall–Kier alpha value is -2.73. The van der Waals surface area contributed by atoms with Gasteiger partial charge in [-0.1, -0.05) is 29.8 Å². The Kier molecular flexibility index (Phi) is 7.76. The summed E-state index contributed by atoms with van der Waals surface area (Å²) in [4.78, 5) is 15.3. The van der Waals surface area contributed by atoms with Crippen molar-refractivity contribution in [1.82, 2.24) is 10.6 Å². The molecule has 0 saturated heterocycles. The fourth-order valence-electron chi connectivity index (χ4n) is 2.26. The van der Waals surface area contributed by atoms with Gasteiger partial charge in [-0.25, -0.2) is 0 Å². The number of nitrogens with zero attached hydrogens (tertiary/aromatic N) is 1. The molecule has 1 amide bonds. The number of benzene rings is 2. The highest BCUT2D eigenvalue weighted by Gasteiger charge is 2.01. The Morgan fingerprint density at radius 1 is 1.15 bits per heavy atom. The van der Waals surface area contributed by atoms with Crippen LogP contribution in [-0.2, 0) is 11.3 Å². The molecular weight excluding hydrogens is 352 g/mol. The summed E-state index contributed by atoms with van der Waals surface area (Å²) in [6.45, 7) is 3.14. The van der Waals surface area contributed by atoms with Crippen molar-refractivity contribution in [3.63, 3.8) is 0 Å². The Morgan fingerprint density at radius 2 is 1.96 bits per heavy atom. The maximum absolute atomic E-state index is 11.1. The van der Waals surface area contributed by atoms with Crippen LogP contribution in [0.5, 0.6) is 5.75 Å². The van der Waals surface area contributed by atoms with E-state index in [1.807, 2.05) is 42.5 Å². The summed E-state index contributed by atoms with van der Waals surface area (Å²) in [7, 11) is 1.71. The SMILES string of the molecule is CN=C(NCCOc1cccc(NC(C)=O)c1)NCc1cccc(Cl)c1. The zero-order chi connectivity index (χ0) is 18.8. The second-order valence-electron chi connectivity index (χ2n) is 5.54. The van der Waals surface area contributed by atoms with Crippen LogP contribution in [0.15, 0.2) is 53.5 Å². The standard InChI is InChI=1S/C19H23ClN4O2/c1-14(25)24-17-7-4-8-18(12-17)26-10-9-22-19(21-2)23-13-15-5-3-6-16(20)11-15/h3-8,11-12H,9-10,13H2,1-2H3,(H,24,25)(H2,21,22,23). The van der Waals surface area contributed by atoms with Crippen LogP contribution in [0.4, 0.5) is 5.69 Å². The minimum Gasteiger partial charge on any atom is -0.492 e. The molecule has 0 radical (unpaired) electrons. The van der Waals surface area contributed by atoms with Crippen molar-refractivity contribution in [2.24, 2.45) is 4.99 Å². The van der Waals surface area contributed by atoms with E-state index >= 15 is 0 Å². The smallest absolute Gasteiger partial charge is 0.221 e. The number of anilines is 1. The van der Waals surface area contributed by atoms with Crippen molar-refractivity contribution in [2.75, 3.05) is 25.5 Å². The van der Waals surface area contributed by atoms with Crippen LogP contribution in [0, 0.1) is 0 Å². The van der Waals surface area contributed by atoms with Gasteiger partial charge in [-0.15, -0.1) is 0 Å². The average molecular weight is 375 g/mol. The number of hydrogen-bond donors (Lipinski definition) is 3. The zero-order valence-electron chi connectivity index (χ0n) is 14.9. The summed E-state index contributed by atoms with van der Waals surface area (Å²) < 4.78 is 5.69. The number of carbonyl (C=O) groups is 1. The molecule has 0 aliphatic heterocycles. The van der Waals surface area contributed by atoms with Crippen molar-refractivity contribution >= 4 is 29.2 Å². The molecule has 0 spiro atoms. The number of nitrogens with one attached hydrogen (secondary N) is 3. The highest BCUT2D eigenvalue weighted by atomic mass is 35.5. The molecule has 3 N–H and O–H groups in total. The Labute approximate surface area is 158 Å². The number of guanidine groups is 1. The lowest BCUT2D eigenvalue weighted by Crippen LogP contribution is -2.38. The topological polar surface area (TPSA) is 74.8 Å². The zero-order valence-corrected chi connectivity index (χ0v) is 15.6. The molecule has 138 valence electrons. The van der Waals surface area contributed by atoms with Crippen LogP contribution in [0.3, 0.4) is 0 Å². The van der Waals surface area contributed by atoms with Gasteiger partial charge in [0.15, 0.2) is 5.96 Å². The van der Waals surface area contributed by atoms with E-state index in [1.54, 1.807) is 13.1 Å². The number of halogens is 1. The highest BCUT2D eigenvalue weighted by Crippen LogP contribution is 2.17. The highest BCUT2D eigenvalue weighted by molar-refractivity contribution is 6.30. The monoisotopic (exact) mass is 374 g/mol. The molecular formula is C19H23ClN4O2. The summed E-state index contributed by atoms with van der Waals surface area (Å²) in [5.41, 5.74) is 1.79. The molecule has 2 aromatic carbocycles.